The van der Waals surface area contributed by atoms with Gasteiger partial charge in [0.05, 0.1) is 23.8 Å². The summed E-state index contributed by atoms with van der Waals surface area (Å²) in [7, 11) is 1.97. The molecule has 4 aliphatic carbocycles. The maximum atomic E-state index is 13.0. The molecular formula is C33H47BrN2O4. The van der Waals surface area contributed by atoms with E-state index in [1.165, 1.54) is 0 Å². The van der Waals surface area contributed by atoms with E-state index in [9.17, 15) is 20.1 Å². The smallest absolute Gasteiger partial charge is 0.225 e. The van der Waals surface area contributed by atoms with Gasteiger partial charge in [-0.05, 0) is 116 Å². The number of nitrogens with zero attached hydrogens (tertiary/aromatic N) is 1. The first kappa shape index (κ1) is 28.7. The third-order valence-electron chi connectivity index (χ3n) is 12.6. The number of nitrogens with one attached hydrogen (secondary N) is 1. The maximum absolute atomic E-state index is 13.0. The van der Waals surface area contributed by atoms with Crippen molar-refractivity contribution in [1.29, 1.82) is 0 Å². The highest BCUT2D eigenvalue weighted by Crippen LogP contribution is 2.68. The number of carbonyl (C=O) groups is 1. The van der Waals surface area contributed by atoms with E-state index in [4.69, 9.17) is 0 Å². The minimum absolute atomic E-state index is 0.0296. The zero-order valence-electron chi connectivity index (χ0n) is 24.4. The number of aryl methyl sites for hydroxylation is 1. The molecule has 1 aromatic heterocycles. The van der Waals surface area contributed by atoms with Crippen LogP contribution in [0.4, 0.5) is 5.82 Å². The lowest BCUT2D eigenvalue weighted by Crippen LogP contribution is -2.62. The molecule has 0 saturated heterocycles. The predicted molar refractivity (Wildman–Crippen MR) is 162 cm³/mol. The molecule has 1 heterocycles. The van der Waals surface area contributed by atoms with Crippen molar-refractivity contribution in [2.45, 2.75) is 96.9 Å². The van der Waals surface area contributed by atoms with E-state index in [1.807, 2.05) is 23.7 Å². The highest BCUT2D eigenvalue weighted by Gasteiger charge is 2.65. The number of aliphatic hydroxyl groups excluding tert-OH is 3. The Kier molecular flexibility index (Phi) is 7.46. The number of fused-ring (bicyclic) bond motifs is 6. The van der Waals surface area contributed by atoms with Crippen molar-refractivity contribution in [3.63, 3.8) is 0 Å². The van der Waals surface area contributed by atoms with Gasteiger partial charge in [-0.3, -0.25) is 4.79 Å². The molecular weight excluding hydrogens is 568 g/mol. The van der Waals surface area contributed by atoms with E-state index in [0.29, 0.717) is 36.0 Å². The first-order chi connectivity index (χ1) is 18.9. The van der Waals surface area contributed by atoms with Crippen molar-refractivity contribution in [1.82, 2.24) is 4.57 Å². The Morgan fingerprint density at radius 2 is 1.88 bits per heavy atom. The Bertz CT molecular complexity index is 1280. The quantitative estimate of drug-likeness (QED) is 0.320. The molecule has 11 atom stereocenters. The van der Waals surface area contributed by atoms with Crippen molar-refractivity contribution < 1.29 is 20.1 Å². The van der Waals surface area contributed by atoms with Crippen LogP contribution >= 0.6 is 15.9 Å². The second kappa shape index (κ2) is 10.4. The monoisotopic (exact) mass is 614 g/mol. The molecule has 6 nitrogen and oxygen atoms in total. The van der Waals surface area contributed by atoms with Gasteiger partial charge in [-0.1, -0.05) is 42.8 Å². The minimum atomic E-state index is -0.396. The second-order valence-electron chi connectivity index (χ2n) is 14.4. The molecule has 6 rings (SSSR count). The number of aliphatic hydroxyl groups is 3. The maximum Gasteiger partial charge on any atom is 0.225 e. The van der Waals surface area contributed by atoms with Crippen molar-refractivity contribution >= 4 is 38.6 Å². The highest BCUT2D eigenvalue weighted by atomic mass is 79.9. The molecule has 40 heavy (non-hydrogen) atoms. The SMILES string of the molecule is C[C@H](CCC(=O)Nc1cc2ccc(Br)cc2n1C)[C@H]1CC[C@H]2[C@@H]3[C@H](O)C[C@@H]4C[C@H](O)CC[C@]4(C)[C@H]3C[C@H](O)[C@]12C. The van der Waals surface area contributed by atoms with Crippen LogP contribution in [0.3, 0.4) is 0 Å². The summed E-state index contributed by atoms with van der Waals surface area (Å²) >= 11 is 3.53. The normalized spacial score (nSPS) is 41.7. The number of aromatic nitrogens is 1. The summed E-state index contributed by atoms with van der Waals surface area (Å²) in [5, 5.41) is 37.9. The predicted octanol–water partition coefficient (Wildman–Crippen LogP) is 6.26. The molecule has 1 aromatic carbocycles. The van der Waals surface area contributed by atoms with E-state index in [2.05, 4.69) is 54.2 Å². The molecule has 4 saturated carbocycles. The molecule has 4 fully saturated rings. The van der Waals surface area contributed by atoms with Crippen molar-refractivity contribution in [2.24, 2.45) is 53.4 Å². The van der Waals surface area contributed by atoms with E-state index < -0.39 is 6.10 Å². The summed E-state index contributed by atoms with van der Waals surface area (Å²) in [6.45, 7) is 6.92. The molecule has 0 unspecified atom stereocenters. The number of hydrogen-bond donors (Lipinski definition) is 4. The number of anilines is 1. The van der Waals surface area contributed by atoms with Gasteiger partial charge in [0.1, 0.15) is 5.82 Å². The van der Waals surface area contributed by atoms with Gasteiger partial charge in [0.25, 0.3) is 0 Å². The molecule has 0 radical (unpaired) electrons. The van der Waals surface area contributed by atoms with Gasteiger partial charge in [0.2, 0.25) is 5.91 Å². The minimum Gasteiger partial charge on any atom is -0.393 e. The van der Waals surface area contributed by atoms with E-state index in [1.54, 1.807) is 0 Å². The fourth-order valence-corrected chi connectivity index (χ4v) is 10.7. The van der Waals surface area contributed by atoms with Crippen LogP contribution in [-0.2, 0) is 11.8 Å². The summed E-state index contributed by atoms with van der Waals surface area (Å²) in [6, 6.07) is 8.15. The van der Waals surface area contributed by atoms with Gasteiger partial charge in [-0.15, -0.1) is 0 Å². The average Bonchev–Trinajstić information content (AvgIpc) is 3.41. The lowest BCUT2D eigenvalue weighted by molar-refractivity contribution is -0.207. The van der Waals surface area contributed by atoms with Crippen LogP contribution in [0, 0.1) is 46.3 Å². The van der Waals surface area contributed by atoms with Crippen LogP contribution in [0.1, 0.15) is 78.6 Å². The third-order valence-corrected chi connectivity index (χ3v) is 13.1. The Labute approximate surface area is 247 Å². The Hall–Kier alpha value is -1.41. The number of rotatable bonds is 5. The largest absolute Gasteiger partial charge is 0.393 e. The molecule has 4 N–H and O–H groups in total. The highest BCUT2D eigenvalue weighted by molar-refractivity contribution is 9.10. The first-order valence-corrected chi connectivity index (χ1v) is 16.3. The van der Waals surface area contributed by atoms with E-state index >= 15 is 0 Å². The lowest BCUT2D eigenvalue weighted by Gasteiger charge is -2.63. The number of amides is 1. The number of hydrogen-bond acceptors (Lipinski definition) is 4. The van der Waals surface area contributed by atoms with Gasteiger partial charge in [-0.25, -0.2) is 0 Å². The van der Waals surface area contributed by atoms with Crippen molar-refractivity contribution in [3.8, 4) is 0 Å². The summed E-state index contributed by atoms with van der Waals surface area (Å²) in [4.78, 5) is 13.0. The van der Waals surface area contributed by atoms with Gasteiger partial charge in [-0.2, -0.15) is 0 Å². The Morgan fingerprint density at radius 3 is 2.65 bits per heavy atom. The van der Waals surface area contributed by atoms with Crippen LogP contribution < -0.4 is 5.32 Å². The summed E-state index contributed by atoms with van der Waals surface area (Å²) in [5.74, 6) is 2.65. The van der Waals surface area contributed by atoms with E-state index in [-0.39, 0.29) is 34.9 Å². The zero-order valence-corrected chi connectivity index (χ0v) is 26.0. The fourth-order valence-electron chi connectivity index (χ4n) is 10.3. The zero-order chi connectivity index (χ0) is 28.6. The first-order valence-electron chi connectivity index (χ1n) is 15.5. The molecule has 2 aromatic rings. The second-order valence-corrected chi connectivity index (χ2v) is 15.3. The number of halogens is 1. The fraction of sp³-hybridized carbons (Fsp3) is 0.727. The Balaban J connectivity index is 1.14. The summed E-state index contributed by atoms with van der Waals surface area (Å²) in [6.07, 6.45) is 6.47. The average molecular weight is 616 g/mol. The van der Waals surface area contributed by atoms with Gasteiger partial charge in [0, 0.05) is 23.3 Å². The lowest BCUT2D eigenvalue weighted by atomic mass is 9.43. The van der Waals surface area contributed by atoms with Gasteiger partial charge < -0.3 is 25.2 Å². The third kappa shape index (κ3) is 4.49. The molecule has 7 heteroatoms. The number of carbonyl (C=O) groups excluding carboxylic acids is 1. The molecule has 0 spiro atoms. The van der Waals surface area contributed by atoms with Gasteiger partial charge in [0.15, 0.2) is 0 Å². The van der Waals surface area contributed by atoms with Crippen molar-refractivity contribution in [2.75, 3.05) is 5.32 Å². The molecule has 220 valence electrons. The number of benzene rings is 1. The van der Waals surface area contributed by atoms with Crippen LogP contribution in [0.5, 0.6) is 0 Å². The topological polar surface area (TPSA) is 94.7 Å². The molecule has 1 amide bonds. The van der Waals surface area contributed by atoms with Crippen LogP contribution in [-0.4, -0.2) is 44.1 Å². The van der Waals surface area contributed by atoms with Gasteiger partial charge >= 0.3 is 0 Å². The summed E-state index contributed by atoms with van der Waals surface area (Å²) < 4.78 is 3.03. The standard InChI is InChI=1S/C33H47BrN2O4/c1-18(5-10-30(40)35-29-13-19-6-7-21(34)16-26(19)36(29)4)23-8-9-24-31-25(17-28(39)33(23,24)3)32(2)12-11-22(37)14-20(32)15-27(31)38/h6-7,13,16,18,20,22-25,27-28,31,37-39H,5,8-12,14-15,17H2,1-4H3,(H,35,40)/t18-,20+,22-,23-,24+,25+,27-,28+,31+,32+,33-/m1/s1. The van der Waals surface area contributed by atoms with E-state index in [0.717, 1.165) is 72.6 Å². The van der Waals surface area contributed by atoms with Crippen molar-refractivity contribution in [3.05, 3.63) is 28.7 Å². The van der Waals surface area contributed by atoms with Crippen LogP contribution in [0.2, 0.25) is 0 Å². The Morgan fingerprint density at radius 1 is 1.10 bits per heavy atom. The van der Waals surface area contributed by atoms with Crippen LogP contribution in [0.15, 0.2) is 28.7 Å². The summed E-state index contributed by atoms with van der Waals surface area (Å²) in [5.41, 5.74) is 0.922. The molecule has 4 aliphatic rings. The molecule has 0 bridgehead atoms. The van der Waals surface area contributed by atoms with Crippen LogP contribution in [0.25, 0.3) is 10.9 Å². The molecule has 0 aliphatic heterocycles.